The van der Waals surface area contributed by atoms with Gasteiger partial charge < -0.3 is 26.5 Å². The number of benzene rings is 2. The minimum Gasteiger partial charge on any atom is -0.345 e. The van der Waals surface area contributed by atoms with Crippen LogP contribution in [0.2, 0.25) is 0 Å². The molecular weight excluding hydrogens is 416 g/mol. The molecule has 33 heavy (non-hydrogen) atoms. The van der Waals surface area contributed by atoms with Gasteiger partial charge in [-0.15, -0.1) is 0 Å². The highest BCUT2D eigenvalue weighted by Crippen LogP contribution is 2.08. The molecule has 0 aliphatic rings. The van der Waals surface area contributed by atoms with E-state index in [4.69, 9.17) is 5.73 Å². The van der Waals surface area contributed by atoms with Crippen LogP contribution in [0.25, 0.3) is 0 Å². The molecule has 0 aliphatic heterocycles. The van der Waals surface area contributed by atoms with Crippen LogP contribution in [0.4, 0.5) is 0 Å². The molecular formula is C26H36N4O3. The molecule has 7 heteroatoms. The van der Waals surface area contributed by atoms with Crippen LogP contribution in [0, 0.1) is 0 Å². The van der Waals surface area contributed by atoms with Crippen molar-refractivity contribution in [1.29, 1.82) is 0 Å². The molecule has 0 aliphatic carbocycles. The molecule has 3 atom stereocenters. The number of amides is 2. The number of nitrogens with one attached hydrogen (secondary N) is 3. The normalized spacial score (nSPS) is 13.5. The van der Waals surface area contributed by atoms with Crippen LogP contribution in [0.1, 0.15) is 36.8 Å². The quantitative estimate of drug-likeness (QED) is 0.243. The smallest absolute Gasteiger partial charge is 0.243 e. The maximum Gasteiger partial charge on any atom is 0.243 e. The number of rotatable bonds is 15. The standard InChI is InChI=1S/C26H36N4O3/c1-28-24(18-21-12-6-3-7-13-21)26(33)30-23(14-8-9-17-27)25(32)29-22(19-31)16-15-20-10-4-2-5-11-20/h2-7,10-13,19,22-24,28H,8-9,14-18,27H2,1H3,(H,29,32)(H,30,33)/t22-,23-,24-/m0/s1. The van der Waals surface area contributed by atoms with Gasteiger partial charge in [0.25, 0.3) is 0 Å². The van der Waals surface area contributed by atoms with Gasteiger partial charge in [-0.3, -0.25) is 9.59 Å². The van der Waals surface area contributed by atoms with Crippen molar-refractivity contribution in [2.75, 3.05) is 13.6 Å². The van der Waals surface area contributed by atoms with Crippen LogP contribution in [-0.2, 0) is 27.2 Å². The van der Waals surface area contributed by atoms with E-state index in [1.165, 1.54) is 0 Å². The molecule has 2 aromatic rings. The first-order valence-corrected chi connectivity index (χ1v) is 11.6. The Bertz CT molecular complexity index is 845. The van der Waals surface area contributed by atoms with Crippen LogP contribution in [0.5, 0.6) is 0 Å². The number of carbonyl (C=O) groups excluding carboxylic acids is 3. The first-order valence-electron chi connectivity index (χ1n) is 11.6. The number of nitrogens with two attached hydrogens (primary N) is 1. The maximum atomic E-state index is 13.0. The molecule has 0 saturated carbocycles. The van der Waals surface area contributed by atoms with Gasteiger partial charge in [0, 0.05) is 0 Å². The average Bonchev–Trinajstić information content (AvgIpc) is 2.85. The van der Waals surface area contributed by atoms with Crippen molar-refractivity contribution in [3.05, 3.63) is 71.8 Å². The fourth-order valence-corrected chi connectivity index (χ4v) is 3.63. The largest absolute Gasteiger partial charge is 0.345 e. The first-order chi connectivity index (χ1) is 16.1. The van der Waals surface area contributed by atoms with Gasteiger partial charge in [0.05, 0.1) is 12.1 Å². The van der Waals surface area contributed by atoms with E-state index >= 15 is 0 Å². The summed E-state index contributed by atoms with van der Waals surface area (Å²) in [4.78, 5) is 37.5. The van der Waals surface area contributed by atoms with Gasteiger partial charge in [-0.05, 0) is 63.2 Å². The fraction of sp³-hybridized carbons (Fsp3) is 0.423. The van der Waals surface area contributed by atoms with Crippen molar-refractivity contribution in [2.45, 2.75) is 56.7 Å². The van der Waals surface area contributed by atoms with Crippen molar-refractivity contribution in [1.82, 2.24) is 16.0 Å². The third kappa shape index (κ3) is 9.55. The molecule has 0 bridgehead atoms. The van der Waals surface area contributed by atoms with E-state index in [0.717, 1.165) is 23.8 Å². The molecule has 0 spiro atoms. The van der Waals surface area contributed by atoms with E-state index < -0.39 is 18.1 Å². The van der Waals surface area contributed by atoms with E-state index in [0.29, 0.717) is 38.6 Å². The van der Waals surface area contributed by atoms with E-state index in [1.807, 2.05) is 60.7 Å². The Morgan fingerprint density at radius 1 is 0.848 bits per heavy atom. The summed E-state index contributed by atoms with van der Waals surface area (Å²) in [7, 11) is 1.72. The number of unbranched alkanes of at least 4 members (excludes halogenated alkanes) is 1. The molecule has 2 aromatic carbocycles. The fourth-order valence-electron chi connectivity index (χ4n) is 3.63. The summed E-state index contributed by atoms with van der Waals surface area (Å²) in [5.41, 5.74) is 7.73. The maximum absolute atomic E-state index is 13.0. The second-order valence-corrected chi connectivity index (χ2v) is 8.15. The summed E-state index contributed by atoms with van der Waals surface area (Å²) in [5, 5.41) is 8.71. The van der Waals surface area contributed by atoms with Crippen molar-refractivity contribution < 1.29 is 14.4 Å². The van der Waals surface area contributed by atoms with Gasteiger partial charge in [-0.2, -0.15) is 0 Å². The minimum absolute atomic E-state index is 0.249. The van der Waals surface area contributed by atoms with Crippen LogP contribution in [0.15, 0.2) is 60.7 Å². The van der Waals surface area contributed by atoms with Gasteiger partial charge in [0.1, 0.15) is 12.3 Å². The predicted molar refractivity (Wildman–Crippen MR) is 131 cm³/mol. The van der Waals surface area contributed by atoms with Crippen molar-refractivity contribution in [3.63, 3.8) is 0 Å². The topological polar surface area (TPSA) is 113 Å². The number of aldehydes is 1. The Hall–Kier alpha value is -3.03. The molecule has 2 amide bonds. The summed E-state index contributed by atoms with van der Waals surface area (Å²) in [6, 6.07) is 17.7. The second-order valence-electron chi connectivity index (χ2n) is 8.15. The third-order valence-electron chi connectivity index (χ3n) is 5.61. The first kappa shape index (κ1) is 26.2. The summed E-state index contributed by atoms with van der Waals surface area (Å²) in [5.74, 6) is -0.596. The third-order valence-corrected chi connectivity index (χ3v) is 5.61. The minimum atomic E-state index is -0.727. The van der Waals surface area contributed by atoms with Crippen LogP contribution >= 0.6 is 0 Å². The molecule has 7 nitrogen and oxygen atoms in total. The Balaban J connectivity index is 1.99. The molecule has 0 unspecified atom stereocenters. The summed E-state index contributed by atoms with van der Waals surface area (Å²) < 4.78 is 0. The second kappa shape index (κ2) is 14.9. The van der Waals surface area contributed by atoms with E-state index in [9.17, 15) is 14.4 Å². The zero-order valence-corrected chi connectivity index (χ0v) is 19.3. The van der Waals surface area contributed by atoms with E-state index in [1.54, 1.807) is 7.05 Å². The molecule has 178 valence electrons. The number of likely N-dealkylation sites (N-methyl/N-ethyl adjacent to an activating group) is 1. The Kier molecular flexibility index (Phi) is 11.9. The predicted octanol–water partition coefficient (Wildman–Crippen LogP) is 1.75. The average molecular weight is 453 g/mol. The molecule has 0 fully saturated rings. The zero-order chi connectivity index (χ0) is 23.9. The lowest BCUT2D eigenvalue weighted by Crippen LogP contribution is -2.54. The lowest BCUT2D eigenvalue weighted by Gasteiger charge is -2.24. The van der Waals surface area contributed by atoms with Crippen LogP contribution in [-0.4, -0.2) is 49.8 Å². The Morgan fingerprint density at radius 2 is 1.45 bits per heavy atom. The number of carbonyl (C=O) groups is 3. The van der Waals surface area contributed by atoms with E-state index in [-0.39, 0.29) is 11.8 Å². The number of hydrogen-bond acceptors (Lipinski definition) is 5. The zero-order valence-electron chi connectivity index (χ0n) is 19.3. The highest BCUT2D eigenvalue weighted by atomic mass is 16.2. The van der Waals surface area contributed by atoms with Crippen LogP contribution < -0.4 is 21.7 Å². The molecule has 0 radical (unpaired) electrons. The monoisotopic (exact) mass is 452 g/mol. The summed E-state index contributed by atoms with van der Waals surface area (Å²) in [6.45, 7) is 0.517. The van der Waals surface area contributed by atoms with Gasteiger partial charge in [-0.1, -0.05) is 60.7 Å². The Morgan fingerprint density at radius 3 is 2.03 bits per heavy atom. The molecule has 2 rings (SSSR count). The van der Waals surface area contributed by atoms with Crippen LogP contribution in [0.3, 0.4) is 0 Å². The lowest BCUT2D eigenvalue weighted by molar-refractivity contribution is -0.131. The molecule has 0 heterocycles. The highest BCUT2D eigenvalue weighted by molar-refractivity contribution is 5.91. The van der Waals surface area contributed by atoms with Gasteiger partial charge in [0.2, 0.25) is 11.8 Å². The number of aryl methyl sites for hydroxylation is 1. The molecule has 0 saturated heterocycles. The van der Waals surface area contributed by atoms with E-state index in [2.05, 4.69) is 16.0 Å². The SMILES string of the molecule is CN[C@@H](Cc1ccccc1)C(=O)N[C@@H](CCCCN)C(=O)N[C@H](C=O)CCc1ccccc1. The summed E-state index contributed by atoms with van der Waals surface area (Å²) >= 11 is 0. The lowest BCUT2D eigenvalue weighted by atomic mass is 10.0. The highest BCUT2D eigenvalue weighted by Gasteiger charge is 2.26. The Labute approximate surface area is 196 Å². The van der Waals surface area contributed by atoms with Crippen molar-refractivity contribution in [2.24, 2.45) is 5.73 Å². The van der Waals surface area contributed by atoms with Crippen molar-refractivity contribution in [3.8, 4) is 0 Å². The van der Waals surface area contributed by atoms with Crippen molar-refractivity contribution >= 4 is 18.1 Å². The molecule has 5 N–H and O–H groups in total. The molecule has 0 aromatic heterocycles. The number of hydrogen-bond donors (Lipinski definition) is 4. The van der Waals surface area contributed by atoms with Gasteiger partial charge >= 0.3 is 0 Å². The van der Waals surface area contributed by atoms with Gasteiger partial charge in [0.15, 0.2) is 0 Å². The summed E-state index contributed by atoms with van der Waals surface area (Å²) in [6.07, 6.45) is 4.35. The van der Waals surface area contributed by atoms with Gasteiger partial charge in [-0.25, -0.2) is 0 Å².